The van der Waals surface area contributed by atoms with E-state index >= 15 is 0 Å². The lowest BCUT2D eigenvalue weighted by Gasteiger charge is -2.10. The van der Waals surface area contributed by atoms with Gasteiger partial charge in [-0.2, -0.15) is 0 Å². The molecule has 0 amide bonds. The standard InChI is InChI=1S/C15H10ClNO6/c1-23-15(20)8-2-5-13(16)12(6-8)11-7-9(17(21)22)3-4-10(11)14(18)19/h2-7H,1H3,(H,18,19). The van der Waals surface area contributed by atoms with E-state index in [0.717, 1.165) is 18.2 Å². The fraction of sp³-hybridized carbons (Fsp3) is 0.0667. The number of esters is 1. The molecule has 0 heterocycles. The molecule has 0 saturated carbocycles. The van der Waals surface area contributed by atoms with Gasteiger partial charge in [-0.05, 0) is 24.3 Å². The van der Waals surface area contributed by atoms with Crippen LogP contribution in [-0.2, 0) is 4.74 Å². The Hall–Kier alpha value is -2.93. The first-order valence-corrected chi connectivity index (χ1v) is 6.63. The predicted molar refractivity (Wildman–Crippen MR) is 81.8 cm³/mol. The van der Waals surface area contributed by atoms with Crippen LogP contribution in [0, 0.1) is 10.1 Å². The molecule has 0 unspecified atom stereocenters. The van der Waals surface area contributed by atoms with Crippen LogP contribution < -0.4 is 0 Å². The van der Waals surface area contributed by atoms with E-state index in [-0.39, 0.29) is 33.0 Å². The van der Waals surface area contributed by atoms with E-state index in [4.69, 9.17) is 11.6 Å². The van der Waals surface area contributed by atoms with E-state index in [2.05, 4.69) is 4.74 Å². The number of rotatable bonds is 4. The van der Waals surface area contributed by atoms with Gasteiger partial charge in [-0.1, -0.05) is 11.6 Å². The summed E-state index contributed by atoms with van der Waals surface area (Å²) in [6.45, 7) is 0. The van der Waals surface area contributed by atoms with Crippen LogP contribution in [0.4, 0.5) is 5.69 Å². The third kappa shape index (κ3) is 3.29. The molecule has 0 bridgehead atoms. The molecule has 0 aliphatic carbocycles. The van der Waals surface area contributed by atoms with Gasteiger partial charge in [0, 0.05) is 28.3 Å². The van der Waals surface area contributed by atoms with E-state index in [9.17, 15) is 24.8 Å². The molecule has 0 aliphatic heterocycles. The number of carboxylic acids is 1. The lowest BCUT2D eigenvalue weighted by atomic mass is 9.97. The second-order valence-corrected chi connectivity index (χ2v) is 4.89. The highest BCUT2D eigenvalue weighted by molar-refractivity contribution is 6.33. The van der Waals surface area contributed by atoms with E-state index in [1.807, 2.05) is 0 Å². The number of nitro groups is 1. The third-order valence-electron chi connectivity index (χ3n) is 3.12. The number of ether oxygens (including phenoxy) is 1. The van der Waals surface area contributed by atoms with Gasteiger partial charge < -0.3 is 9.84 Å². The summed E-state index contributed by atoms with van der Waals surface area (Å²) in [6.07, 6.45) is 0. The molecule has 0 spiro atoms. The van der Waals surface area contributed by atoms with E-state index in [1.54, 1.807) is 0 Å². The number of hydrogen-bond donors (Lipinski definition) is 1. The Morgan fingerprint density at radius 1 is 1.17 bits per heavy atom. The zero-order valence-corrected chi connectivity index (χ0v) is 12.5. The zero-order chi connectivity index (χ0) is 17.1. The first-order chi connectivity index (χ1) is 10.8. The van der Waals surface area contributed by atoms with Crippen molar-refractivity contribution in [2.45, 2.75) is 0 Å². The molecule has 7 nitrogen and oxygen atoms in total. The Balaban J connectivity index is 2.73. The molecular weight excluding hydrogens is 326 g/mol. The highest BCUT2D eigenvalue weighted by Crippen LogP contribution is 2.34. The highest BCUT2D eigenvalue weighted by Gasteiger charge is 2.20. The lowest BCUT2D eigenvalue weighted by molar-refractivity contribution is -0.384. The van der Waals surface area contributed by atoms with Gasteiger partial charge in [0.05, 0.1) is 23.2 Å². The van der Waals surface area contributed by atoms with Crippen molar-refractivity contribution in [3.05, 3.63) is 62.7 Å². The Labute approximate surface area is 135 Å². The third-order valence-corrected chi connectivity index (χ3v) is 3.45. The molecule has 8 heteroatoms. The average Bonchev–Trinajstić information content (AvgIpc) is 2.53. The molecule has 0 saturated heterocycles. The minimum absolute atomic E-state index is 0.0439. The summed E-state index contributed by atoms with van der Waals surface area (Å²) in [7, 11) is 1.20. The normalized spacial score (nSPS) is 10.2. The molecule has 2 aromatic rings. The molecule has 0 aromatic heterocycles. The Morgan fingerprint density at radius 3 is 2.43 bits per heavy atom. The van der Waals surface area contributed by atoms with Gasteiger partial charge >= 0.3 is 11.9 Å². The van der Waals surface area contributed by atoms with Gasteiger partial charge in [0.1, 0.15) is 0 Å². The lowest BCUT2D eigenvalue weighted by Crippen LogP contribution is -2.04. The fourth-order valence-electron chi connectivity index (χ4n) is 2.03. The summed E-state index contributed by atoms with van der Waals surface area (Å²) in [4.78, 5) is 33.2. The number of carboxylic acid groups (broad SMARTS) is 1. The number of benzene rings is 2. The summed E-state index contributed by atoms with van der Waals surface area (Å²) in [6, 6.07) is 7.45. The van der Waals surface area contributed by atoms with Gasteiger partial charge in [-0.15, -0.1) is 0 Å². The van der Waals surface area contributed by atoms with Crippen LogP contribution in [-0.4, -0.2) is 29.1 Å². The second-order valence-electron chi connectivity index (χ2n) is 4.48. The summed E-state index contributed by atoms with van der Waals surface area (Å²) in [5.74, 6) is -1.90. The monoisotopic (exact) mass is 335 g/mol. The van der Waals surface area contributed by atoms with Crippen LogP contribution in [0.25, 0.3) is 11.1 Å². The SMILES string of the molecule is COC(=O)c1ccc(Cl)c(-c2cc([N+](=O)[O-])ccc2C(=O)O)c1. The van der Waals surface area contributed by atoms with Gasteiger partial charge in [-0.25, -0.2) is 9.59 Å². The van der Waals surface area contributed by atoms with Gasteiger partial charge in [0.25, 0.3) is 5.69 Å². The summed E-state index contributed by atoms with van der Waals surface area (Å²) >= 11 is 6.07. The van der Waals surface area contributed by atoms with Crippen molar-refractivity contribution in [3.63, 3.8) is 0 Å². The first kappa shape index (κ1) is 16.4. The van der Waals surface area contributed by atoms with Gasteiger partial charge in [0.15, 0.2) is 0 Å². The first-order valence-electron chi connectivity index (χ1n) is 6.25. The number of non-ortho nitro benzene ring substituents is 1. The molecular formula is C15H10ClNO6. The number of halogens is 1. The van der Waals surface area contributed by atoms with Crippen molar-refractivity contribution in [2.75, 3.05) is 7.11 Å². The number of nitrogens with zero attached hydrogens (tertiary/aromatic N) is 1. The van der Waals surface area contributed by atoms with Crippen molar-refractivity contribution < 1.29 is 24.4 Å². The molecule has 0 aliphatic rings. The van der Waals surface area contributed by atoms with Crippen LogP contribution in [0.2, 0.25) is 5.02 Å². The largest absolute Gasteiger partial charge is 0.478 e. The number of nitro benzene ring substituents is 1. The number of carbonyl (C=O) groups is 2. The number of carbonyl (C=O) groups excluding carboxylic acids is 1. The summed E-state index contributed by atoms with van der Waals surface area (Å²) in [5.41, 5.74) is -0.0723. The van der Waals surface area contributed by atoms with Crippen molar-refractivity contribution in [3.8, 4) is 11.1 Å². The highest BCUT2D eigenvalue weighted by atomic mass is 35.5. The molecule has 0 fully saturated rings. The zero-order valence-electron chi connectivity index (χ0n) is 11.8. The average molecular weight is 336 g/mol. The smallest absolute Gasteiger partial charge is 0.337 e. The quantitative estimate of drug-likeness (QED) is 0.521. The van der Waals surface area contributed by atoms with Crippen molar-refractivity contribution in [1.82, 2.24) is 0 Å². The summed E-state index contributed by atoms with van der Waals surface area (Å²) in [5, 5.41) is 20.3. The Morgan fingerprint density at radius 2 is 1.87 bits per heavy atom. The fourth-order valence-corrected chi connectivity index (χ4v) is 2.25. The van der Waals surface area contributed by atoms with Crippen molar-refractivity contribution in [2.24, 2.45) is 0 Å². The molecule has 0 radical (unpaired) electrons. The van der Waals surface area contributed by atoms with E-state index < -0.39 is 16.9 Å². The molecule has 23 heavy (non-hydrogen) atoms. The van der Waals surface area contributed by atoms with Crippen LogP contribution in [0.15, 0.2) is 36.4 Å². The van der Waals surface area contributed by atoms with E-state index in [0.29, 0.717) is 0 Å². The maximum absolute atomic E-state index is 11.6. The maximum Gasteiger partial charge on any atom is 0.337 e. The second kappa shape index (κ2) is 6.45. The number of hydrogen-bond acceptors (Lipinski definition) is 5. The number of methoxy groups -OCH3 is 1. The van der Waals surface area contributed by atoms with Crippen molar-refractivity contribution in [1.29, 1.82) is 0 Å². The topological polar surface area (TPSA) is 107 Å². The maximum atomic E-state index is 11.6. The minimum Gasteiger partial charge on any atom is -0.478 e. The van der Waals surface area contributed by atoms with Gasteiger partial charge in [0.2, 0.25) is 0 Å². The molecule has 2 rings (SSSR count). The van der Waals surface area contributed by atoms with Crippen LogP contribution >= 0.6 is 11.6 Å². The number of aromatic carboxylic acids is 1. The molecule has 118 valence electrons. The Bertz CT molecular complexity index is 818. The van der Waals surface area contributed by atoms with Crippen molar-refractivity contribution >= 4 is 29.2 Å². The molecule has 0 atom stereocenters. The van der Waals surface area contributed by atoms with Crippen LogP contribution in [0.5, 0.6) is 0 Å². The van der Waals surface area contributed by atoms with Crippen LogP contribution in [0.3, 0.4) is 0 Å². The summed E-state index contributed by atoms with van der Waals surface area (Å²) < 4.78 is 4.60. The van der Waals surface area contributed by atoms with E-state index in [1.165, 1.54) is 25.3 Å². The molecule has 2 aromatic carbocycles. The predicted octanol–water partition coefficient (Wildman–Crippen LogP) is 3.40. The van der Waals surface area contributed by atoms with Gasteiger partial charge in [-0.3, -0.25) is 10.1 Å². The Kier molecular flexibility index (Phi) is 4.61. The molecule has 1 N–H and O–H groups in total. The minimum atomic E-state index is -1.27. The van der Waals surface area contributed by atoms with Crippen LogP contribution in [0.1, 0.15) is 20.7 Å².